The summed E-state index contributed by atoms with van der Waals surface area (Å²) in [5.74, 6) is 0.830. The van der Waals surface area contributed by atoms with Crippen molar-refractivity contribution in [3.05, 3.63) is 133 Å². The third kappa shape index (κ3) is 4.68. The van der Waals surface area contributed by atoms with Gasteiger partial charge in [-0.15, -0.1) is 0 Å². The summed E-state index contributed by atoms with van der Waals surface area (Å²) in [5, 5.41) is 9.42. The summed E-state index contributed by atoms with van der Waals surface area (Å²) in [5.41, 5.74) is 6.98. The van der Waals surface area contributed by atoms with E-state index in [9.17, 15) is 0 Å². The molecule has 6 rings (SSSR count). The third-order valence-corrected chi connectivity index (χ3v) is 6.07. The number of H-pyrrole nitrogens is 1. The fourth-order valence-electron chi connectivity index (χ4n) is 4.23. The van der Waals surface area contributed by atoms with Gasteiger partial charge in [0.15, 0.2) is 11.7 Å². The van der Waals surface area contributed by atoms with Gasteiger partial charge in [-0.2, -0.15) is 4.99 Å². The van der Waals surface area contributed by atoms with Crippen LogP contribution in [0.1, 0.15) is 5.56 Å². The van der Waals surface area contributed by atoms with Crippen LogP contribution in [0.5, 0.6) is 0 Å². The molecule has 0 saturated carbocycles. The van der Waals surface area contributed by atoms with Crippen LogP contribution < -0.4 is 5.62 Å². The number of nitrogens with one attached hydrogen (secondary N) is 2. The minimum Gasteiger partial charge on any atom is -0.331 e. The Morgan fingerprint density at radius 1 is 0.676 bits per heavy atom. The predicted molar refractivity (Wildman–Crippen MR) is 147 cm³/mol. The number of hydrogen-bond acceptors (Lipinski definition) is 4. The summed E-state index contributed by atoms with van der Waals surface area (Å²) in [6, 6.07) is 36.1. The van der Waals surface area contributed by atoms with Crippen molar-refractivity contribution in [2.75, 3.05) is 0 Å². The summed E-state index contributed by atoms with van der Waals surface area (Å²) in [6.07, 6.45) is 3.38. The first-order valence-corrected chi connectivity index (χ1v) is 11.9. The average molecular weight is 479 g/mol. The molecule has 37 heavy (non-hydrogen) atoms. The summed E-state index contributed by atoms with van der Waals surface area (Å²) in [4.78, 5) is 21.2. The first-order chi connectivity index (χ1) is 18.2. The number of rotatable bonds is 4. The van der Waals surface area contributed by atoms with E-state index in [2.05, 4.69) is 45.3 Å². The van der Waals surface area contributed by atoms with Gasteiger partial charge in [0.05, 0.1) is 11.2 Å². The van der Waals surface area contributed by atoms with Gasteiger partial charge in [0.25, 0.3) is 0 Å². The molecule has 0 radical (unpaired) electrons. The maximum Gasteiger partial charge on any atom is 0.228 e. The molecule has 2 N–H and O–H groups in total. The lowest BCUT2D eigenvalue weighted by atomic mass is 10.0. The number of amidine groups is 1. The van der Waals surface area contributed by atoms with Crippen LogP contribution in [0.2, 0.25) is 0 Å². The molecule has 4 aromatic carbocycles. The maximum atomic E-state index is 8.39. The Labute approximate surface area is 213 Å². The van der Waals surface area contributed by atoms with Gasteiger partial charge >= 0.3 is 0 Å². The van der Waals surface area contributed by atoms with Crippen LogP contribution in [0.15, 0.2) is 127 Å². The monoisotopic (exact) mass is 478 g/mol. The number of nitrogens with zero attached hydrogens (tertiary/aromatic N) is 4. The minimum atomic E-state index is 0.145. The van der Waals surface area contributed by atoms with E-state index in [0.29, 0.717) is 17.0 Å². The molecule has 0 aliphatic rings. The van der Waals surface area contributed by atoms with Crippen molar-refractivity contribution in [3.63, 3.8) is 0 Å². The molecule has 0 bridgehead atoms. The average Bonchev–Trinajstić information content (AvgIpc) is 2.98. The second-order valence-electron chi connectivity index (χ2n) is 8.50. The van der Waals surface area contributed by atoms with Gasteiger partial charge in [-0.25, -0.2) is 15.0 Å². The molecule has 0 atom stereocenters. The highest BCUT2D eigenvalue weighted by atomic mass is 15.0. The van der Waals surface area contributed by atoms with Crippen molar-refractivity contribution in [3.8, 4) is 33.8 Å². The van der Waals surface area contributed by atoms with Crippen molar-refractivity contribution in [1.82, 2.24) is 19.9 Å². The van der Waals surface area contributed by atoms with E-state index in [1.807, 2.05) is 72.8 Å². The summed E-state index contributed by atoms with van der Waals surface area (Å²) in [7, 11) is 0. The Balaban J connectivity index is 1.34. The molecule has 2 heterocycles. The molecule has 0 aliphatic heterocycles. The highest BCUT2D eigenvalue weighted by Gasteiger charge is 2.11. The fraction of sp³-hybridized carbons (Fsp3) is 0. The topological polar surface area (TPSA) is 90.7 Å². The van der Waals surface area contributed by atoms with Gasteiger partial charge < -0.3 is 4.98 Å². The number of benzene rings is 4. The molecule has 0 unspecified atom stereocenters. The zero-order chi connectivity index (χ0) is 25.0. The Kier molecular flexibility index (Phi) is 5.89. The lowest BCUT2D eigenvalue weighted by Gasteiger charge is -2.10. The number of aromatic nitrogens is 4. The number of para-hydroxylation sites is 1. The first-order valence-electron chi connectivity index (χ1n) is 11.9. The van der Waals surface area contributed by atoms with E-state index in [-0.39, 0.29) is 5.84 Å². The standard InChI is InChI=1S/C31H22N6/c32-29(37-31-33-18-7-19-34-31)25-11-6-10-24(20-25)21-14-16-23(17-15-21)30-35-27-13-5-4-12-26(27)28(36-30)22-8-2-1-3-9-22/h1-20H,(H2,32,33,34,37). The van der Waals surface area contributed by atoms with E-state index in [1.165, 1.54) is 0 Å². The summed E-state index contributed by atoms with van der Waals surface area (Å²) in [6.45, 7) is 0. The third-order valence-electron chi connectivity index (χ3n) is 6.07. The Morgan fingerprint density at radius 2 is 1.43 bits per heavy atom. The van der Waals surface area contributed by atoms with Crippen molar-refractivity contribution in [2.45, 2.75) is 0 Å². The van der Waals surface area contributed by atoms with E-state index in [0.717, 1.165) is 38.9 Å². The van der Waals surface area contributed by atoms with Gasteiger partial charge in [-0.05, 0) is 29.3 Å². The smallest absolute Gasteiger partial charge is 0.228 e. The molecule has 6 heteroatoms. The highest BCUT2D eigenvalue weighted by Crippen LogP contribution is 2.30. The molecule has 0 spiro atoms. The predicted octanol–water partition coefficient (Wildman–Crippen LogP) is 6.28. The number of hydrogen-bond donors (Lipinski definition) is 2. The van der Waals surface area contributed by atoms with E-state index >= 15 is 0 Å². The van der Waals surface area contributed by atoms with Gasteiger partial charge in [0, 0.05) is 34.5 Å². The van der Waals surface area contributed by atoms with Crippen LogP contribution in [0.4, 0.5) is 0 Å². The van der Waals surface area contributed by atoms with Gasteiger partial charge in [0.2, 0.25) is 5.62 Å². The molecule has 0 fully saturated rings. The largest absolute Gasteiger partial charge is 0.331 e. The highest BCUT2D eigenvalue weighted by molar-refractivity contribution is 5.98. The Bertz CT molecular complexity index is 1770. The molecule has 6 aromatic rings. The van der Waals surface area contributed by atoms with Crippen molar-refractivity contribution in [1.29, 1.82) is 5.41 Å². The Morgan fingerprint density at radius 3 is 2.24 bits per heavy atom. The second kappa shape index (κ2) is 9.79. The van der Waals surface area contributed by atoms with Crippen molar-refractivity contribution >= 4 is 16.7 Å². The van der Waals surface area contributed by atoms with Crippen molar-refractivity contribution in [2.24, 2.45) is 4.99 Å². The second-order valence-corrected chi connectivity index (χ2v) is 8.50. The van der Waals surface area contributed by atoms with Crippen LogP contribution >= 0.6 is 0 Å². The zero-order valence-electron chi connectivity index (χ0n) is 19.8. The number of fused-ring (bicyclic) bond motifs is 1. The lowest BCUT2D eigenvalue weighted by Crippen LogP contribution is -2.14. The maximum absolute atomic E-state index is 8.39. The first kappa shape index (κ1) is 22.2. The van der Waals surface area contributed by atoms with Crippen LogP contribution in [-0.4, -0.2) is 25.8 Å². The van der Waals surface area contributed by atoms with Crippen molar-refractivity contribution < 1.29 is 0 Å². The molecule has 0 amide bonds. The molecule has 6 nitrogen and oxygen atoms in total. The van der Waals surface area contributed by atoms with Crippen LogP contribution in [0.25, 0.3) is 44.7 Å². The van der Waals surface area contributed by atoms with Gasteiger partial charge in [-0.1, -0.05) is 91.0 Å². The summed E-state index contributed by atoms with van der Waals surface area (Å²) < 4.78 is 0. The van der Waals surface area contributed by atoms with Crippen LogP contribution in [0.3, 0.4) is 0 Å². The molecular formula is C31H22N6. The molecule has 176 valence electrons. The normalized spacial score (nSPS) is 11.5. The molecular weight excluding hydrogens is 456 g/mol. The zero-order valence-corrected chi connectivity index (χ0v) is 19.8. The molecule has 0 saturated heterocycles. The van der Waals surface area contributed by atoms with Crippen LogP contribution in [0, 0.1) is 5.41 Å². The van der Waals surface area contributed by atoms with E-state index < -0.39 is 0 Å². The van der Waals surface area contributed by atoms with Crippen LogP contribution in [-0.2, 0) is 0 Å². The molecule has 0 aliphatic carbocycles. The SMILES string of the molecule is N=C(N=c1nccc[nH]1)c1cccc(-c2ccc(-c3nc(-c4ccccc4)c4ccccc4n3)cc2)c1. The van der Waals surface area contributed by atoms with Gasteiger partial charge in [0.1, 0.15) is 0 Å². The van der Waals surface area contributed by atoms with E-state index in [1.54, 1.807) is 18.5 Å². The number of aromatic amines is 1. The quantitative estimate of drug-likeness (QED) is 0.231. The van der Waals surface area contributed by atoms with Gasteiger partial charge in [-0.3, -0.25) is 5.41 Å². The Hall–Kier alpha value is -5.23. The van der Waals surface area contributed by atoms with E-state index in [4.69, 9.17) is 15.4 Å². The summed E-state index contributed by atoms with van der Waals surface area (Å²) >= 11 is 0. The molecule has 2 aromatic heterocycles. The fourth-order valence-corrected chi connectivity index (χ4v) is 4.23. The lowest BCUT2D eigenvalue weighted by molar-refractivity contribution is 1.02. The minimum absolute atomic E-state index is 0.145.